The Kier molecular flexibility index (Phi) is 22.5. The third kappa shape index (κ3) is 38.0. The van der Waals surface area contributed by atoms with Gasteiger partial charge in [0.15, 0.2) is 0 Å². The second-order valence-electron chi connectivity index (χ2n) is 1.57. The Morgan fingerprint density at radius 3 is 2.15 bits per heavy atom. The molecule has 0 radical (unpaired) electrons. The third-order valence-corrected chi connectivity index (χ3v) is 0.721. The Bertz CT molecular complexity index is 133. The number of carboxylic acid groups (broad SMARTS) is 2. The number of carboxylic acids is 1. The Balaban J connectivity index is -0.000000220. The molecular weight excluding hydrogens is 184 g/mol. The van der Waals surface area contributed by atoms with Crippen LogP contribution in [0.3, 0.4) is 0 Å². The topological polar surface area (TPSA) is 132 Å². The lowest BCUT2D eigenvalue weighted by Crippen LogP contribution is -1.98. The van der Waals surface area contributed by atoms with E-state index in [-0.39, 0.29) is 25.0 Å². The van der Waals surface area contributed by atoms with E-state index in [0.29, 0.717) is 12.9 Å². The van der Waals surface area contributed by atoms with Crippen LogP contribution in [0.4, 0.5) is 0 Å². The van der Waals surface area contributed by atoms with Crippen molar-refractivity contribution in [1.29, 1.82) is 0 Å². The summed E-state index contributed by atoms with van der Waals surface area (Å²) in [5.41, 5.74) is 0. The van der Waals surface area contributed by atoms with Crippen molar-refractivity contribution in [3.05, 3.63) is 0 Å². The average molecular weight is 196 g/mol. The number of ether oxygens (including phenoxy) is 1. The zero-order valence-electron chi connectivity index (χ0n) is 6.80. The van der Waals surface area contributed by atoms with Gasteiger partial charge in [-0.1, -0.05) is 0 Å². The molecule has 0 atom stereocenters. The first kappa shape index (κ1) is 17.5. The maximum absolute atomic E-state index is 9.82. The zero-order chi connectivity index (χ0) is 9.82. The maximum Gasteiger partial charge on any atom is 0.303 e. The van der Waals surface area contributed by atoms with E-state index >= 15 is 0 Å². The SMILES string of the molecule is O.O=CO.O=COCCCC(=O)O. The van der Waals surface area contributed by atoms with Gasteiger partial charge >= 0.3 is 5.97 Å². The van der Waals surface area contributed by atoms with Crippen molar-refractivity contribution >= 4 is 18.9 Å². The van der Waals surface area contributed by atoms with Crippen LogP contribution in [0.25, 0.3) is 0 Å². The Morgan fingerprint density at radius 1 is 1.38 bits per heavy atom. The van der Waals surface area contributed by atoms with E-state index in [2.05, 4.69) is 4.74 Å². The highest BCUT2D eigenvalue weighted by atomic mass is 16.5. The summed E-state index contributed by atoms with van der Waals surface area (Å²) in [4.78, 5) is 27.7. The summed E-state index contributed by atoms with van der Waals surface area (Å²) in [5.74, 6) is -0.871. The molecular formula is C6H12O7. The van der Waals surface area contributed by atoms with Crippen LogP contribution < -0.4 is 0 Å². The summed E-state index contributed by atoms with van der Waals surface area (Å²) in [6.07, 6.45) is 0.432. The molecule has 7 nitrogen and oxygen atoms in total. The zero-order valence-corrected chi connectivity index (χ0v) is 6.80. The Morgan fingerprint density at radius 2 is 1.85 bits per heavy atom. The van der Waals surface area contributed by atoms with Crippen LogP contribution >= 0.6 is 0 Å². The Hall–Kier alpha value is -1.63. The van der Waals surface area contributed by atoms with Gasteiger partial charge in [-0.2, -0.15) is 0 Å². The van der Waals surface area contributed by atoms with Crippen LogP contribution in [-0.2, 0) is 19.1 Å². The lowest BCUT2D eigenvalue weighted by molar-refractivity contribution is -0.138. The average Bonchev–Trinajstić information content (AvgIpc) is 1.99. The quantitative estimate of drug-likeness (QED) is 0.423. The van der Waals surface area contributed by atoms with E-state index in [4.69, 9.17) is 15.0 Å². The molecule has 0 rings (SSSR count). The lowest BCUT2D eigenvalue weighted by atomic mass is 10.3. The molecule has 0 aliphatic rings. The standard InChI is InChI=1S/C5H8O4.CH2O2.H2O/c6-4-9-3-1-2-5(7)8;2-1-3;/h4H,1-3H2,(H,7,8);1H,(H,2,3);1H2. The van der Waals surface area contributed by atoms with Crippen molar-refractivity contribution in [2.24, 2.45) is 0 Å². The van der Waals surface area contributed by atoms with Crippen LogP contribution in [0.5, 0.6) is 0 Å². The number of carbonyl (C=O) groups is 3. The highest BCUT2D eigenvalue weighted by Gasteiger charge is 1.94. The Labute approximate surface area is 74.2 Å². The van der Waals surface area contributed by atoms with Gasteiger partial charge in [0.2, 0.25) is 0 Å². The lowest BCUT2D eigenvalue weighted by Gasteiger charge is -1.92. The van der Waals surface area contributed by atoms with Gasteiger partial charge in [-0.15, -0.1) is 0 Å². The normalized spacial score (nSPS) is 6.77. The van der Waals surface area contributed by atoms with Crippen molar-refractivity contribution in [3.63, 3.8) is 0 Å². The summed E-state index contributed by atoms with van der Waals surface area (Å²) in [6.45, 7) is 0.248. The minimum Gasteiger partial charge on any atom is -0.483 e. The van der Waals surface area contributed by atoms with E-state index in [9.17, 15) is 9.59 Å². The van der Waals surface area contributed by atoms with Gasteiger partial charge in [-0.25, -0.2) is 0 Å². The van der Waals surface area contributed by atoms with Gasteiger partial charge in [0.05, 0.1) is 6.61 Å². The van der Waals surface area contributed by atoms with Gasteiger partial charge in [0.25, 0.3) is 12.9 Å². The summed E-state index contributed by atoms with van der Waals surface area (Å²) in [5, 5.41) is 15.0. The largest absolute Gasteiger partial charge is 0.483 e. The molecule has 0 amide bonds. The fourth-order valence-electron chi connectivity index (χ4n) is 0.355. The predicted octanol–water partition coefficient (Wildman–Crippen LogP) is -1.10. The van der Waals surface area contributed by atoms with Gasteiger partial charge in [0.1, 0.15) is 0 Å². The van der Waals surface area contributed by atoms with Gasteiger partial charge in [-0.05, 0) is 6.42 Å². The molecule has 0 bridgehead atoms. The first-order chi connectivity index (χ1) is 5.68. The molecule has 0 unspecified atom stereocenters. The molecule has 0 aromatic rings. The van der Waals surface area contributed by atoms with Crippen LogP contribution in [-0.4, -0.2) is 41.2 Å². The second-order valence-corrected chi connectivity index (χ2v) is 1.57. The molecule has 0 aliphatic carbocycles. The van der Waals surface area contributed by atoms with E-state index in [1.54, 1.807) is 0 Å². The molecule has 0 saturated heterocycles. The smallest absolute Gasteiger partial charge is 0.303 e. The predicted molar refractivity (Wildman–Crippen MR) is 41.2 cm³/mol. The maximum atomic E-state index is 9.82. The van der Waals surface area contributed by atoms with Crippen LogP contribution in [0.2, 0.25) is 0 Å². The second kappa shape index (κ2) is 16.8. The minimum absolute atomic E-state index is 0. The molecule has 0 aliphatic heterocycles. The molecule has 78 valence electrons. The van der Waals surface area contributed by atoms with Crippen LogP contribution in [0, 0.1) is 0 Å². The summed E-state index contributed by atoms with van der Waals surface area (Å²) < 4.78 is 4.24. The van der Waals surface area contributed by atoms with Crippen molar-refractivity contribution in [2.75, 3.05) is 6.61 Å². The molecule has 0 saturated carbocycles. The van der Waals surface area contributed by atoms with E-state index < -0.39 is 5.97 Å². The highest BCUT2D eigenvalue weighted by Crippen LogP contribution is 1.87. The third-order valence-electron chi connectivity index (χ3n) is 0.721. The van der Waals surface area contributed by atoms with Crippen molar-refractivity contribution in [3.8, 4) is 0 Å². The highest BCUT2D eigenvalue weighted by molar-refractivity contribution is 5.66. The number of hydrogen-bond donors (Lipinski definition) is 2. The number of carbonyl (C=O) groups excluding carboxylic acids is 1. The number of rotatable bonds is 5. The monoisotopic (exact) mass is 196 g/mol. The van der Waals surface area contributed by atoms with E-state index in [0.717, 1.165) is 0 Å². The van der Waals surface area contributed by atoms with E-state index in [1.807, 2.05) is 0 Å². The molecule has 4 N–H and O–H groups in total. The van der Waals surface area contributed by atoms with Gasteiger partial charge < -0.3 is 20.4 Å². The summed E-state index contributed by atoms with van der Waals surface area (Å²) in [7, 11) is 0. The fraction of sp³-hybridized carbons (Fsp3) is 0.500. The summed E-state index contributed by atoms with van der Waals surface area (Å²) in [6, 6.07) is 0. The van der Waals surface area contributed by atoms with Crippen LogP contribution in [0.1, 0.15) is 12.8 Å². The summed E-state index contributed by atoms with van der Waals surface area (Å²) >= 11 is 0. The van der Waals surface area contributed by atoms with Crippen molar-refractivity contribution < 1.29 is 34.8 Å². The van der Waals surface area contributed by atoms with Crippen molar-refractivity contribution in [1.82, 2.24) is 0 Å². The molecule has 0 fully saturated rings. The first-order valence-electron chi connectivity index (χ1n) is 3.04. The fourth-order valence-corrected chi connectivity index (χ4v) is 0.355. The molecule has 0 aromatic carbocycles. The molecule has 0 aromatic heterocycles. The van der Waals surface area contributed by atoms with Crippen LogP contribution in [0.15, 0.2) is 0 Å². The van der Waals surface area contributed by atoms with Gasteiger partial charge in [-0.3, -0.25) is 14.4 Å². The first-order valence-corrected chi connectivity index (χ1v) is 3.04. The minimum atomic E-state index is -0.871. The molecule has 0 spiro atoms. The molecule has 7 heteroatoms. The van der Waals surface area contributed by atoms with Gasteiger partial charge in [0, 0.05) is 6.42 Å². The van der Waals surface area contributed by atoms with Crippen molar-refractivity contribution in [2.45, 2.75) is 12.8 Å². The molecule has 0 heterocycles. The molecule has 13 heavy (non-hydrogen) atoms. The number of hydrogen-bond acceptors (Lipinski definition) is 4. The van der Waals surface area contributed by atoms with E-state index in [1.165, 1.54) is 0 Å². The number of aliphatic carboxylic acids is 1.